The number of esters is 1. The zero-order valence-electron chi connectivity index (χ0n) is 11.1. The number of pyridine rings is 1. The van der Waals surface area contributed by atoms with E-state index in [1.54, 1.807) is 6.20 Å². The molecule has 1 fully saturated rings. The van der Waals surface area contributed by atoms with Gasteiger partial charge in [0.25, 0.3) is 0 Å². The predicted octanol–water partition coefficient (Wildman–Crippen LogP) is 2.17. The molecular weight excluding hydrogens is 228 g/mol. The Morgan fingerprint density at radius 2 is 2.44 bits per heavy atom. The highest BCUT2D eigenvalue weighted by Crippen LogP contribution is 2.25. The maximum atomic E-state index is 11.8. The van der Waals surface area contributed by atoms with Crippen molar-refractivity contribution in [1.29, 1.82) is 0 Å². The largest absolute Gasteiger partial charge is 0.466 e. The third-order valence-electron chi connectivity index (χ3n) is 3.37. The molecule has 98 valence electrons. The van der Waals surface area contributed by atoms with Gasteiger partial charge in [0.2, 0.25) is 0 Å². The number of rotatable bonds is 3. The highest BCUT2D eigenvalue weighted by molar-refractivity contribution is 5.73. The van der Waals surface area contributed by atoms with Crippen LogP contribution in [0.25, 0.3) is 0 Å². The second-order valence-electron chi connectivity index (χ2n) is 4.70. The molecular formula is C14H20N2O2. The molecule has 0 aromatic carbocycles. The molecule has 0 aliphatic carbocycles. The third-order valence-corrected chi connectivity index (χ3v) is 3.37. The van der Waals surface area contributed by atoms with Crippen LogP contribution in [0.4, 0.5) is 5.69 Å². The molecule has 1 aliphatic heterocycles. The Morgan fingerprint density at radius 3 is 3.17 bits per heavy atom. The van der Waals surface area contributed by atoms with Gasteiger partial charge in [-0.15, -0.1) is 0 Å². The summed E-state index contributed by atoms with van der Waals surface area (Å²) in [5.74, 6) is -0.0554. The summed E-state index contributed by atoms with van der Waals surface area (Å²) >= 11 is 0. The topological polar surface area (TPSA) is 42.4 Å². The van der Waals surface area contributed by atoms with E-state index in [2.05, 4.69) is 16.8 Å². The number of hydrogen-bond acceptors (Lipinski definition) is 4. The van der Waals surface area contributed by atoms with Crippen LogP contribution in [0.2, 0.25) is 0 Å². The van der Waals surface area contributed by atoms with Gasteiger partial charge in [0.1, 0.15) is 0 Å². The van der Waals surface area contributed by atoms with Crippen molar-refractivity contribution in [2.24, 2.45) is 5.92 Å². The van der Waals surface area contributed by atoms with Crippen LogP contribution in [-0.2, 0) is 9.53 Å². The first-order valence-electron chi connectivity index (χ1n) is 6.54. The van der Waals surface area contributed by atoms with E-state index in [4.69, 9.17) is 4.74 Å². The van der Waals surface area contributed by atoms with E-state index in [-0.39, 0.29) is 11.9 Å². The quantitative estimate of drug-likeness (QED) is 0.769. The number of ether oxygens (including phenoxy) is 1. The monoisotopic (exact) mass is 248 g/mol. The second-order valence-corrected chi connectivity index (χ2v) is 4.70. The lowest BCUT2D eigenvalue weighted by molar-refractivity contribution is -0.148. The van der Waals surface area contributed by atoms with Gasteiger partial charge < -0.3 is 9.64 Å². The Morgan fingerprint density at radius 1 is 1.61 bits per heavy atom. The lowest BCUT2D eigenvalue weighted by atomic mass is 9.97. The van der Waals surface area contributed by atoms with Crippen LogP contribution in [0, 0.1) is 12.8 Å². The number of aromatic nitrogens is 1. The van der Waals surface area contributed by atoms with Gasteiger partial charge in [-0.2, -0.15) is 0 Å². The number of anilines is 1. The average Bonchev–Trinajstić information content (AvgIpc) is 2.40. The van der Waals surface area contributed by atoms with E-state index in [0.29, 0.717) is 6.61 Å². The number of carbonyl (C=O) groups excluding carboxylic acids is 1. The van der Waals surface area contributed by atoms with Crippen LogP contribution in [-0.4, -0.2) is 30.6 Å². The van der Waals surface area contributed by atoms with Gasteiger partial charge in [-0.1, -0.05) is 0 Å². The Hall–Kier alpha value is -1.58. The minimum atomic E-state index is -0.0612. The van der Waals surface area contributed by atoms with E-state index in [1.165, 1.54) is 5.69 Å². The van der Waals surface area contributed by atoms with E-state index in [0.717, 1.165) is 31.5 Å². The first-order valence-corrected chi connectivity index (χ1v) is 6.54. The maximum absolute atomic E-state index is 11.8. The summed E-state index contributed by atoms with van der Waals surface area (Å²) < 4.78 is 5.12. The molecule has 1 aliphatic rings. The minimum absolute atomic E-state index is 0.00580. The van der Waals surface area contributed by atoms with Crippen LogP contribution in [0.1, 0.15) is 25.3 Å². The number of aryl methyl sites for hydroxylation is 1. The Balaban J connectivity index is 2.07. The molecule has 0 radical (unpaired) electrons. The fourth-order valence-electron chi connectivity index (χ4n) is 2.47. The Kier molecular flexibility index (Phi) is 4.18. The molecule has 1 atom stereocenters. The number of nitrogens with zero attached hydrogens (tertiary/aromatic N) is 2. The van der Waals surface area contributed by atoms with Gasteiger partial charge in [-0.25, -0.2) is 0 Å². The summed E-state index contributed by atoms with van der Waals surface area (Å²) in [4.78, 5) is 18.2. The standard InChI is InChI=1S/C14H20N2O2/c1-3-18-14(17)12-5-4-8-16(10-12)13-6-7-15-9-11(13)2/h6-7,9,12H,3-5,8,10H2,1-2H3. The summed E-state index contributed by atoms with van der Waals surface area (Å²) in [5, 5.41) is 0. The van der Waals surface area contributed by atoms with E-state index in [9.17, 15) is 4.79 Å². The van der Waals surface area contributed by atoms with Crippen LogP contribution in [0.3, 0.4) is 0 Å². The summed E-state index contributed by atoms with van der Waals surface area (Å²) in [5.41, 5.74) is 2.33. The molecule has 0 N–H and O–H groups in total. The molecule has 0 amide bonds. The molecule has 0 bridgehead atoms. The smallest absolute Gasteiger partial charge is 0.310 e. The zero-order valence-corrected chi connectivity index (χ0v) is 11.1. The van der Waals surface area contributed by atoms with Crippen molar-refractivity contribution in [1.82, 2.24) is 4.98 Å². The van der Waals surface area contributed by atoms with E-state index in [1.807, 2.05) is 19.2 Å². The lowest BCUT2D eigenvalue weighted by Gasteiger charge is -2.34. The van der Waals surface area contributed by atoms with Crippen molar-refractivity contribution in [3.63, 3.8) is 0 Å². The van der Waals surface area contributed by atoms with Crippen molar-refractivity contribution in [3.05, 3.63) is 24.0 Å². The van der Waals surface area contributed by atoms with Crippen molar-refractivity contribution in [3.8, 4) is 0 Å². The van der Waals surface area contributed by atoms with Crippen LogP contribution in [0.5, 0.6) is 0 Å². The average molecular weight is 248 g/mol. The van der Waals surface area contributed by atoms with Crippen molar-refractivity contribution in [2.75, 3.05) is 24.6 Å². The van der Waals surface area contributed by atoms with Crippen LogP contribution >= 0.6 is 0 Å². The van der Waals surface area contributed by atoms with Gasteiger partial charge in [0.05, 0.1) is 12.5 Å². The van der Waals surface area contributed by atoms with Gasteiger partial charge in [0, 0.05) is 31.2 Å². The van der Waals surface area contributed by atoms with Crippen LogP contribution < -0.4 is 4.90 Å². The molecule has 0 spiro atoms. The van der Waals surface area contributed by atoms with Crippen molar-refractivity contribution < 1.29 is 9.53 Å². The normalized spacial score (nSPS) is 19.7. The predicted molar refractivity (Wildman–Crippen MR) is 70.5 cm³/mol. The fourth-order valence-corrected chi connectivity index (χ4v) is 2.47. The second kappa shape index (κ2) is 5.85. The first-order chi connectivity index (χ1) is 8.72. The molecule has 1 unspecified atom stereocenters. The summed E-state index contributed by atoms with van der Waals surface area (Å²) in [7, 11) is 0. The van der Waals surface area contributed by atoms with Crippen LogP contribution in [0.15, 0.2) is 18.5 Å². The molecule has 4 heteroatoms. The van der Waals surface area contributed by atoms with E-state index < -0.39 is 0 Å². The van der Waals surface area contributed by atoms with Gasteiger partial charge in [-0.3, -0.25) is 9.78 Å². The third kappa shape index (κ3) is 2.81. The van der Waals surface area contributed by atoms with Crippen molar-refractivity contribution >= 4 is 11.7 Å². The van der Waals surface area contributed by atoms with Crippen molar-refractivity contribution in [2.45, 2.75) is 26.7 Å². The first kappa shape index (κ1) is 12.9. The molecule has 2 rings (SSSR count). The fraction of sp³-hybridized carbons (Fsp3) is 0.571. The van der Waals surface area contributed by atoms with Gasteiger partial charge in [0.15, 0.2) is 0 Å². The number of hydrogen-bond donors (Lipinski definition) is 0. The molecule has 1 saturated heterocycles. The molecule has 18 heavy (non-hydrogen) atoms. The lowest BCUT2D eigenvalue weighted by Crippen LogP contribution is -2.39. The molecule has 4 nitrogen and oxygen atoms in total. The zero-order chi connectivity index (χ0) is 13.0. The summed E-state index contributed by atoms with van der Waals surface area (Å²) in [6, 6.07) is 2.02. The Bertz CT molecular complexity index is 420. The SMILES string of the molecule is CCOC(=O)C1CCCN(c2ccncc2C)C1. The molecule has 1 aromatic rings. The maximum Gasteiger partial charge on any atom is 0.310 e. The highest BCUT2D eigenvalue weighted by atomic mass is 16.5. The molecule has 2 heterocycles. The molecule has 0 saturated carbocycles. The van der Waals surface area contributed by atoms with E-state index >= 15 is 0 Å². The van der Waals surface area contributed by atoms with Gasteiger partial charge >= 0.3 is 5.97 Å². The number of carbonyl (C=O) groups is 1. The number of piperidine rings is 1. The Labute approximate surface area is 108 Å². The highest BCUT2D eigenvalue weighted by Gasteiger charge is 2.27. The summed E-state index contributed by atoms with van der Waals surface area (Å²) in [6.45, 7) is 6.12. The molecule has 1 aromatic heterocycles. The van der Waals surface area contributed by atoms with Gasteiger partial charge in [-0.05, 0) is 38.3 Å². The summed E-state index contributed by atoms with van der Waals surface area (Å²) in [6.07, 6.45) is 5.63. The minimum Gasteiger partial charge on any atom is -0.466 e.